The number of hydrogen-bond acceptors (Lipinski definition) is 2. The van der Waals surface area contributed by atoms with E-state index in [1.807, 2.05) is 0 Å². The third-order valence-electron chi connectivity index (χ3n) is 3.64. The van der Waals surface area contributed by atoms with E-state index < -0.39 is 0 Å². The summed E-state index contributed by atoms with van der Waals surface area (Å²) in [5.74, 6) is -0.312. The average molecular weight is 272 g/mol. The molecule has 2 rings (SSSR count). The topological polar surface area (TPSA) is 21.3 Å². The van der Waals surface area contributed by atoms with Crippen LogP contribution in [0.1, 0.15) is 24.8 Å². The second kappa shape index (κ2) is 6.00. The van der Waals surface area contributed by atoms with Gasteiger partial charge in [0.05, 0.1) is 5.02 Å². The molecule has 100 valence electrons. The smallest absolute Gasteiger partial charge is 0.146 e. The van der Waals surface area contributed by atoms with Crippen molar-refractivity contribution in [1.29, 1.82) is 0 Å². The van der Waals surface area contributed by atoms with E-state index in [1.165, 1.54) is 12.8 Å². The summed E-state index contributed by atoms with van der Waals surface area (Å²) in [5, 5.41) is 3.52. The van der Waals surface area contributed by atoms with Crippen LogP contribution in [0.25, 0.3) is 0 Å². The number of nitrogens with one attached hydrogen (secondary N) is 1. The second-order valence-electron chi connectivity index (χ2n) is 5.06. The van der Waals surface area contributed by atoms with E-state index in [2.05, 4.69) is 5.32 Å². The van der Waals surface area contributed by atoms with Crippen LogP contribution in [-0.4, -0.2) is 20.3 Å². The summed E-state index contributed by atoms with van der Waals surface area (Å²) in [4.78, 5) is 0. The van der Waals surface area contributed by atoms with Gasteiger partial charge < -0.3 is 10.1 Å². The summed E-state index contributed by atoms with van der Waals surface area (Å²) in [6.45, 7) is 2.25. The number of benzene rings is 1. The van der Waals surface area contributed by atoms with E-state index in [0.717, 1.165) is 19.6 Å². The van der Waals surface area contributed by atoms with Crippen LogP contribution in [0.3, 0.4) is 0 Å². The molecule has 0 unspecified atom stereocenters. The molecule has 18 heavy (non-hydrogen) atoms. The lowest BCUT2D eigenvalue weighted by Gasteiger charge is -2.15. The standard InChI is InChI=1S/C14H19ClFNO/c1-18-8-7-14(5-6-14)10-17-9-11-3-2-4-12(15)13(11)16/h2-4,17H,5-10H2,1H3. The maximum Gasteiger partial charge on any atom is 0.146 e. The molecule has 1 aliphatic carbocycles. The van der Waals surface area contributed by atoms with Crippen molar-refractivity contribution >= 4 is 11.6 Å². The molecule has 0 radical (unpaired) electrons. The molecule has 4 heteroatoms. The van der Waals surface area contributed by atoms with Gasteiger partial charge in [-0.2, -0.15) is 0 Å². The first-order valence-electron chi connectivity index (χ1n) is 6.29. The monoisotopic (exact) mass is 271 g/mol. The molecule has 1 N–H and O–H groups in total. The number of rotatable bonds is 7. The van der Waals surface area contributed by atoms with Gasteiger partial charge in [0.15, 0.2) is 0 Å². The fourth-order valence-corrected chi connectivity index (χ4v) is 2.35. The van der Waals surface area contributed by atoms with Crippen molar-refractivity contribution in [3.05, 3.63) is 34.6 Å². The van der Waals surface area contributed by atoms with Crippen LogP contribution in [0.15, 0.2) is 18.2 Å². The molecule has 0 atom stereocenters. The molecule has 0 aliphatic heterocycles. The first-order chi connectivity index (χ1) is 8.67. The van der Waals surface area contributed by atoms with Crippen molar-refractivity contribution in [2.75, 3.05) is 20.3 Å². The zero-order chi connectivity index (χ0) is 13.0. The van der Waals surface area contributed by atoms with Gasteiger partial charge in [0.25, 0.3) is 0 Å². The molecule has 2 nitrogen and oxygen atoms in total. The van der Waals surface area contributed by atoms with Crippen molar-refractivity contribution in [2.24, 2.45) is 5.41 Å². The Morgan fingerprint density at radius 3 is 2.89 bits per heavy atom. The maximum atomic E-state index is 13.6. The Kier molecular flexibility index (Phi) is 4.60. The van der Waals surface area contributed by atoms with E-state index in [0.29, 0.717) is 17.5 Å². The molecule has 1 aromatic rings. The summed E-state index contributed by atoms with van der Waals surface area (Å²) < 4.78 is 18.8. The second-order valence-corrected chi connectivity index (χ2v) is 5.47. The van der Waals surface area contributed by atoms with Gasteiger partial charge in [0, 0.05) is 32.4 Å². The van der Waals surface area contributed by atoms with Crippen LogP contribution in [0.2, 0.25) is 5.02 Å². The summed E-state index contributed by atoms with van der Waals surface area (Å²) in [7, 11) is 1.73. The van der Waals surface area contributed by atoms with E-state index in [-0.39, 0.29) is 10.8 Å². The van der Waals surface area contributed by atoms with Crippen LogP contribution in [0.4, 0.5) is 4.39 Å². The van der Waals surface area contributed by atoms with Crippen molar-refractivity contribution in [3.8, 4) is 0 Å². The van der Waals surface area contributed by atoms with Crippen LogP contribution < -0.4 is 5.32 Å². The summed E-state index contributed by atoms with van der Waals surface area (Å²) in [6, 6.07) is 5.12. The summed E-state index contributed by atoms with van der Waals surface area (Å²) in [6.07, 6.45) is 3.55. The fourth-order valence-electron chi connectivity index (χ4n) is 2.16. The van der Waals surface area contributed by atoms with Gasteiger partial charge in [-0.15, -0.1) is 0 Å². The molecule has 0 spiro atoms. The summed E-state index contributed by atoms with van der Waals surface area (Å²) in [5.41, 5.74) is 1.01. The molecule has 0 heterocycles. The maximum absolute atomic E-state index is 13.6. The van der Waals surface area contributed by atoms with Crippen molar-refractivity contribution in [3.63, 3.8) is 0 Å². The molecular weight excluding hydrogens is 253 g/mol. The van der Waals surface area contributed by atoms with Gasteiger partial charge in [-0.3, -0.25) is 0 Å². The molecule has 0 amide bonds. The minimum Gasteiger partial charge on any atom is -0.385 e. The van der Waals surface area contributed by atoms with Crippen molar-refractivity contribution in [2.45, 2.75) is 25.8 Å². The predicted octanol–water partition coefficient (Wildman–Crippen LogP) is 3.39. The largest absolute Gasteiger partial charge is 0.385 e. The lowest BCUT2D eigenvalue weighted by molar-refractivity contribution is 0.171. The molecule has 0 aromatic heterocycles. The Morgan fingerprint density at radius 2 is 2.22 bits per heavy atom. The van der Waals surface area contributed by atoms with Gasteiger partial charge in [-0.1, -0.05) is 23.7 Å². The van der Waals surface area contributed by atoms with Crippen molar-refractivity contribution in [1.82, 2.24) is 5.32 Å². The summed E-state index contributed by atoms with van der Waals surface area (Å²) >= 11 is 5.74. The van der Waals surface area contributed by atoms with E-state index in [4.69, 9.17) is 16.3 Å². The SMILES string of the molecule is COCCC1(CNCc2cccc(Cl)c2F)CC1. The quantitative estimate of drug-likeness (QED) is 0.821. The first kappa shape index (κ1) is 13.8. The predicted molar refractivity (Wildman–Crippen MR) is 71.3 cm³/mol. The van der Waals surface area contributed by atoms with Crippen LogP contribution in [0, 0.1) is 11.2 Å². The van der Waals surface area contributed by atoms with Gasteiger partial charge >= 0.3 is 0 Å². The van der Waals surface area contributed by atoms with Crippen LogP contribution in [-0.2, 0) is 11.3 Å². The Morgan fingerprint density at radius 1 is 1.44 bits per heavy atom. The molecule has 0 saturated heterocycles. The highest BCUT2D eigenvalue weighted by Gasteiger charge is 2.41. The highest BCUT2D eigenvalue weighted by molar-refractivity contribution is 6.30. The van der Waals surface area contributed by atoms with Gasteiger partial charge in [-0.25, -0.2) is 4.39 Å². The third kappa shape index (κ3) is 3.44. The number of hydrogen-bond donors (Lipinski definition) is 1. The zero-order valence-electron chi connectivity index (χ0n) is 10.6. The molecule has 1 aliphatic rings. The van der Waals surface area contributed by atoms with E-state index >= 15 is 0 Å². The normalized spacial score (nSPS) is 16.8. The fraction of sp³-hybridized carbons (Fsp3) is 0.571. The van der Waals surface area contributed by atoms with Crippen LogP contribution in [0.5, 0.6) is 0 Å². The molecule has 0 bridgehead atoms. The van der Waals surface area contributed by atoms with E-state index in [1.54, 1.807) is 25.3 Å². The molecular formula is C14H19ClFNO. The van der Waals surface area contributed by atoms with Gasteiger partial charge in [0.1, 0.15) is 5.82 Å². The highest BCUT2D eigenvalue weighted by atomic mass is 35.5. The first-order valence-corrected chi connectivity index (χ1v) is 6.67. The Bertz CT molecular complexity index is 407. The molecule has 1 saturated carbocycles. The molecule has 1 aromatic carbocycles. The van der Waals surface area contributed by atoms with Gasteiger partial charge in [0.2, 0.25) is 0 Å². The number of methoxy groups -OCH3 is 1. The Labute approximate surface area is 112 Å². The third-order valence-corrected chi connectivity index (χ3v) is 3.93. The highest BCUT2D eigenvalue weighted by Crippen LogP contribution is 2.48. The van der Waals surface area contributed by atoms with E-state index in [9.17, 15) is 4.39 Å². The Hall–Kier alpha value is -0.640. The number of halogens is 2. The minimum absolute atomic E-state index is 0.190. The number of ether oxygens (including phenoxy) is 1. The molecule has 1 fully saturated rings. The van der Waals surface area contributed by atoms with Crippen LogP contribution >= 0.6 is 11.6 Å². The lowest BCUT2D eigenvalue weighted by Crippen LogP contribution is -2.25. The lowest BCUT2D eigenvalue weighted by atomic mass is 10.0. The minimum atomic E-state index is -0.312. The van der Waals surface area contributed by atoms with Gasteiger partial charge in [-0.05, 0) is 30.7 Å². The zero-order valence-corrected chi connectivity index (χ0v) is 11.4. The average Bonchev–Trinajstić information content (AvgIpc) is 3.13. The Balaban J connectivity index is 1.80. The van der Waals surface area contributed by atoms with Crippen molar-refractivity contribution < 1.29 is 9.13 Å².